The number of benzene rings is 2. The van der Waals surface area contributed by atoms with Crippen LogP contribution in [-0.2, 0) is 22.2 Å². The average molecular weight is 389 g/mol. The summed E-state index contributed by atoms with van der Waals surface area (Å²) in [6.45, 7) is 2.10. The average Bonchev–Trinajstić information content (AvgIpc) is 3.49. The molecule has 0 radical (unpaired) electrons. The van der Waals surface area contributed by atoms with Crippen LogP contribution in [0.2, 0.25) is 0 Å². The molecule has 2 aromatic rings. The molecule has 6 heteroatoms. The van der Waals surface area contributed by atoms with E-state index >= 15 is 0 Å². The molecule has 1 unspecified atom stereocenters. The van der Waals surface area contributed by atoms with Gasteiger partial charge in [-0.1, -0.05) is 42.5 Å². The van der Waals surface area contributed by atoms with Gasteiger partial charge in [-0.3, -0.25) is 4.90 Å². The van der Waals surface area contributed by atoms with Gasteiger partial charge >= 0.3 is 0 Å². The van der Waals surface area contributed by atoms with Crippen LogP contribution >= 0.6 is 0 Å². The third-order valence-corrected chi connectivity index (χ3v) is 7.35. The summed E-state index contributed by atoms with van der Waals surface area (Å²) in [7, 11) is -3.46. The molecule has 1 heterocycles. The first-order valence-corrected chi connectivity index (χ1v) is 11.1. The van der Waals surface area contributed by atoms with E-state index in [9.17, 15) is 12.8 Å². The summed E-state index contributed by atoms with van der Waals surface area (Å²) >= 11 is 0. The number of hydrogen-bond acceptors (Lipinski definition) is 3. The molecule has 2 fully saturated rings. The van der Waals surface area contributed by atoms with Crippen LogP contribution in [-0.4, -0.2) is 49.3 Å². The van der Waals surface area contributed by atoms with Crippen molar-refractivity contribution < 1.29 is 12.8 Å². The molecule has 27 heavy (non-hydrogen) atoms. The maximum atomic E-state index is 13.1. The molecular weight excluding hydrogens is 363 g/mol. The van der Waals surface area contributed by atoms with Gasteiger partial charge in [-0.2, -0.15) is 4.31 Å². The Bertz CT molecular complexity index is 867. The minimum Gasteiger partial charge on any atom is -0.297 e. The lowest BCUT2D eigenvalue weighted by Gasteiger charge is -2.41. The molecule has 1 atom stereocenters. The standard InChI is InChI=1S/C21H25FN2O2S/c22-19-8-6-18(7-9-19)16-27(25,26)24-13-12-23(20-10-11-20)15-21(24)14-17-4-2-1-3-5-17/h1-9,20-21H,10-16H2. The van der Waals surface area contributed by atoms with Gasteiger partial charge in [-0.05, 0) is 42.5 Å². The molecule has 4 rings (SSSR count). The first kappa shape index (κ1) is 18.6. The second kappa shape index (κ2) is 7.70. The van der Waals surface area contributed by atoms with Crippen molar-refractivity contribution >= 4 is 10.0 Å². The molecule has 0 N–H and O–H groups in total. The molecule has 0 aromatic heterocycles. The van der Waals surface area contributed by atoms with Gasteiger partial charge < -0.3 is 0 Å². The fourth-order valence-electron chi connectivity index (χ4n) is 3.93. The van der Waals surface area contributed by atoms with Crippen molar-refractivity contribution in [3.63, 3.8) is 0 Å². The highest BCUT2D eigenvalue weighted by atomic mass is 32.2. The zero-order valence-electron chi connectivity index (χ0n) is 15.3. The van der Waals surface area contributed by atoms with Crippen molar-refractivity contribution in [2.45, 2.75) is 37.1 Å². The van der Waals surface area contributed by atoms with Crippen LogP contribution in [0, 0.1) is 5.82 Å². The minimum atomic E-state index is -3.46. The van der Waals surface area contributed by atoms with Crippen LogP contribution in [0.3, 0.4) is 0 Å². The Morgan fingerprint density at radius 3 is 2.30 bits per heavy atom. The van der Waals surface area contributed by atoms with Crippen molar-refractivity contribution in [1.82, 2.24) is 9.21 Å². The number of piperazine rings is 1. The Kier molecular flexibility index (Phi) is 5.30. The molecule has 1 saturated carbocycles. The monoisotopic (exact) mass is 388 g/mol. The van der Waals surface area contributed by atoms with E-state index in [1.165, 1.54) is 25.0 Å². The van der Waals surface area contributed by atoms with Crippen LogP contribution in [0.1, 0.15) is 24.0 Å². The van der Waals surface area contributed by atoms with Gasteiger partial charge in [-0.25, -0.2) is 12.8 Å². The highest BCUT2D eigenvalue weighted by Crippen LogP contribution is 2.31. The molecule has 0 amide bonds. The Morgan fingerprint density at radius 2 is 1.63 bits per heavy atom. The Labute approximate surface area is 160 Å². The lowest BCUT2D eigenvalue weighted by molar-refractivity contribution is 0.128. The molecule has 0 bridgehead atoms. The summed E-state index contributed by atoms with van der Waals surface area (Å²) in [5.74, 6) is -0.432. The zero-order valence-corrected chi connectivity index (χ0v) is 16.1. The third-order valence-electron chi connectivity index (χ3n) is 5.46. The van der Waals surface area contributed by atoms with Crippen molar-refractivity contribution in [1.29, 1.82) is 0 Å². The first-order chi connectivity index (χ1) is 13.0. The first-order valence-electron chi connectivity index (χ1n) is 9.53. The topological polar surface area (TPSA) is 40.6 Å². The van der Waals surface area contributed by atoms with Crippen molar-refractivity contribution in [2.24, 2.45) is 0 Å². The zero-order chi connectivity index (χ0) is 18.9. The van der Waals surface area contributed by atoms with Crippen LogP contribution in [0.5, 0.6) is 0 Å². The van der Waals surface area contributed by atoms with Crippen molar-refractivity contribution in [3.05, 3.63) is 71.5 Å². The van der Waals surface area contributed by atoms with Crippen LogP contribution in [0.25, 0.3) is 0 Å². The SMILES string of the molecule is O=S(=O)(Cc1ccc(F)cc1)N1CCN(C2CC2)CC1Cc1ccccc1. The number of hydrogen-bond donors (Lipinski definition) is 0. The Balaban J connectivity index is 1.54. The van der Waals surface area contributed by atoms with Crippen molar-refractivity contribution in [3.8, 4) is 0 Å². The van der Waals surface area contributed by atoms with Crippen LogP contribution < -0.4 is 0 Å². The maximum Gasteiger partial charge on any atom is 0.218 e. The summed E-state index contributed by atoms with van der Waals surface area (Å²) in [6.07, 6.45) is 3.16. The van der Waals surface area contributed by atoms with E-state index < -0.39 is 10.0 Å². The van der Waals surface area contributed by atoms with Gasteiger partial charge in [-0.15, -0.1) is 0 Å². The summed E-state index contributed by atoms with van der Waals surface area (Å²) in [4.78, 5) is 2.44. The predicted octanol–water partition coefficient (Wildman–Crippen LogP) is 3.05. The van der Waals surface area contributed by atoms with E-state index in [1.54, 1.807) is 16.4 Å². The second-order valence-electron chi connectivity index (χ2n) is 7.56. The molecule has 2 aromatic carbocycles. The van der Waals surface area contributed by atoms with Gasteiger partial charge in [0.05, 0.1) is 5.75 Å². The van der Waals surface area contributed by atoms with E-state index in [-0.39, 0.29) is 17.6 Å². The summed E-state index contributed by atoms with van der Waals surface area (Å²) in [5, 5.41) is 0. The number of rotatable bonds is 6. The Morgan fingerprint density at radius 1 is 0.926 bits per heavy atom. The quantitative estimate of drug-likeness (QED) is 0.764. The van der Waals surface area contributed by atoms with Crippen LogP contribution in [0.15, 0.2) is 54.6 Å². The van der Waals surface area contributed by atoms with E-state index in [0.717, 1.165) is 18.7 Å². The molecule has 1 aliphatic carbocycles. The van der Waals surface area contributed by atoms with E-state index in [0.29, 0.717) is 24.6 Å². The largest absolute Gasteiger partial charge is 0.297 e. The normalized spacial score (nSPS) is 22.0. The number of halogens is 1. The highest BCUT2D eigenvalue weighted by molar-refractivity contribution is 7.88. The molecule has 0 spiro atoms. The predicted molar refractivity (Wildman–Crippen MR) is 104 cm³/mol. The van der Waals surface area contributed by atoms with Crippen molar-refractivity contribution in [2.75, 3.05) is 19.6 Å². The fraction of sp³-hybridized carbons (Fsp3) is 0.429. The molecule has 144 valence electrons. The molecule has 2 aliphatic rings. The Hall–Kier alpha value is -1.76. The van der Waals surface area contributed by atoms with Gasteiger partial charge in [0, 0.05) is 31.7 Å². The second-order valence-corrected chi connectivity index (χ2v) is 9.48. The van der Waals surface area contributed by atoms with Crippen LogP contribution in [0.4, 0.5) is 4.39 Å². The molecular formula is C21H25FN2O2S. The van der Waals surface area contributed by atoms with Gasteiger partial charge in [0.25, 0.3) is 0 Å². The van der Waals surface area contributed by atoms with Gasteiger partial charge in [0.15, 0.2) is 0 Å². The lowest BCUT2D eigenvalue weighted by Crippen LogP contribution is -2.56. The number of nitrogens with zero attached hydrogens (tertiary/aromatic N) is 2. The third kappa shape index (κ3) is 4.57. The smallest absolute Gasteiger partial charge is 0.218 e. The van der Waals surface area contributed by atoms with Gasteiger partial charge in [0.1, 0.15) is 5.82 Å². The summed E-state index contributed by atoms with van der Waals surface area (Å²) in [6, 6.07) is 16.4. The summed E-state index contributed by atoms with van der Waals surface area (Å²) in [5.41, 5.74) is 1.78. The summed E-state index contributed by atoms with van der Waals surface area (Å²) < 4.78 is 41.1. The van der Waals surface area contributed by atoms with E-state index in [1.807, 2.05) is 18.2 Å². The lowest BCUT2D eigenvalue weighted by atomic mass is 10.0. The maximum absolute atomic E-state index is 13.1. The number of sulfonamides is 1. The van der Waals surface area contributed by atoms with E-state index in [4.69, 9.17) is 0 Å². The fourth-order valence-corrected chi connectivity index (χ4v) is 5.66. The molecule has 1 aliphatic heterocycles. The minimum absolute atomic E-state index is 0.0628. The molecule has 4 nitrogen and oxygen atoms in total. The molecule has 1 saturated heterocycles. The van der Waals surface area contributed by atoms with E-state index in [2.05, 4.69) is 17.0 Å². The van der Waals surface area contributed by atoms with Gasteiger partial charge in [0.2, 0.25) is 10.0 Å². The highest BCUT2D eigenvalue weighted by Gasteiger charge is 2.39.